The van der Waals surface area contributed by atoms with Gasteiger partial charge in [-0.3, -0.25) is 4.79 Å². The van der Waals surface area contributed by atoms with Gasteiger partial charge in [-0.05, 0) is 36.2 Å². The van der Waals surface area contributed by atoms with E-state index in [-0.39, 0.29) is 18.4 Å². The van der Waals surface area contributed by atoms with Crippen molar-refractivity contribution < 1.29 is 13.9 Å². The Morgan fingerprint density at radius 3 is 2.54 bits per heavy atom. The first-order valence-corrected chi connectivity index (χ1v) is 8.62. The van der Waals surface area contributed by atoms with Crippen LogP contribution in [0, 0.1) is 0 Å². The van der Waals surface area contributed by atoms with E-state index < -0.39 is 0 Å². The molecule has 1 aromatic heterocycles. The van der Waals surface area contributed by atoms with E-state index in [9.17, 15) is 4.79 Å². The zero-order valence-electron chi connectivity index (χ0n) is 14.9. The number of amides is 1. The monoisotopic (exact) mass is 350 g/mol. The molecule has 1 heterocycles. The summed E-state index contributed by atoms with van der Waals surface area (Å²) in [5, 5.41) is 3.06. The zero-order valence-corrected chi connectivity index (χ0v) is 14.9. The number of carbonyl (C=O) groups excluding carboxylic acids is 1. The standard InChI is InChI=1S/C21H22N2O3/c1-3-19(15-9-11-18(25-2)12-10-15)23-20(24)13-17-14-26-21(22-17)16-7-5-4-6-8-16/h4-12,14,19H,3,13H2,1-2H3,(H,23,24). The molecule has 1 unspecified atom stereocenters. The van der Waals surface area contributed by atoms with Crippen molar-refractivity contribution in [2.24, 2.45) is 0 Å². The zero-order chi connectivity index (χ0) is 18.4. The first-order chi connectivity index (χ1) is 12.7. The summed E-state index contributed by atoms with van der Waals surface area (Å²) >= 11 is 0. The van der Waals surface area contributed by atoms with E-state index in [1.54, 1.807) is 7.11 Å². The van der Waals surface area contributed by atoms with Crippen molar-refractivity contribution in [1.82, 2.24) is 10.3 Å². The minimum absolute atomic E-state index is 0.0473. The summed E-state index contributed by atoms with van der Waals surface area (Å²) in [6.07, 6.45) is 2.52. The summed E-state index contributed by atoms with van der Waals surface area (Å²) in [6, 6.07) is 17.3. The van der Waals surface area contributed by atoms with Crippen LogP contribution in [0.3, 0.4) is 0 Å². The molecule has 26 heavy (non-hydrogen) atoms. The molecule has 0 spiro atoms. The van der Waals surface area contributed by atoms with E-state index >= 15 is 0 Å². The molecular weight excluding hydrogens is 328 g/mol. The topological polar surface area (TPSA) is 64.4 Å². The molecule has 0 aliphatic heterocycles. The molecule has 0 saturated heterocycles. The number of hydrogen-bond acceptors (Lipinski definition) is 4. The van der Waals surface area contributed by atoms with Gasteiger partial charge in [0, 0.05) is 5.56 Å². The van der Waals surface area contributed by atoms with Crippen molar-refractivity contribution in [3.05, 3.63) is 72.1 Å². The largest absolute Gasteiger partial charge is 0.497 e. The second-order valence-electron chi connectivity index (χ2n) is 5.99. The van der Waals surface area contributed by atoms with Crippen LogP contribution in [0.1, 0.15) is 30.6 Å². The predicted octanol–water partition coefficient (Wildman–Crippen LogP) is 4.16. The average Bonchev–Trinajstić information content (AvgIpc) is 3.15. The molecule has 134 valence electrons. The lowest BCUT2D eigenvalue weighted by Crippen LogP contribution is -2.29. The molecule has 3 rings (SSSR count). The maximum absolute atomic E-state index is 12.4. The Balaban J connectivity index is 1.63. The lowest BCUT2D eigenvalue weighted by molar-refractivity contribution is -0.121. The van der Waals surface area contributed by atoms with Crippen LogP contribution in [-0.2, 0) is 11.2 Å². The van der Waals surface area contributed by atoms with Gasteiger partial charge in [0.15, 0.2) is 0 Å². The maximum atomic E-state index is 12.4. The van der Waals surface area contributed by atoms with Crippen LogP contribution in [0.2, 0.25) is 0 Å². The van der Waals surface area contributed by atoms with Gasteiger partial charge in [0.2, 0.25) is 11.8 Å². The van der Waals surface area contributed by atoms with Gasteiger partial charge in [0.25, 0.3) is 0 Å². The molecule has 1 atom stereocenters. The van der Waals surface area contributed by atoms with Crippen LogP contribution in [0.15, 0.2) is 65.3 Å². The van der Waals surface area contributed by atoms with Gasteiger partial charge in [0.05, 0.1) is 25.3 Å². The summed E-state index contributed by atoms with van der Waals surface area (Å²) in [4.78, 5) is 16.8. The number of methoxy groups -OCH3 is 1. The van der Waals surface area contributed by atoms with Crippen molar-refractivity contribution in [1.29, 1.82) is 0 Å². The third-order valence-electron chi connectivity index (χ3n) is 4.18. The Morgan fingerprint density at radius 2 is 1.88 bits per heavy atom. The summed E-state index contributed by atoms with van der Waals surface area (Å²) in [6.45, 7) is 2.04. The first kappa shape index (κ1) is 17.7. The molecule has 0 aliphatic carbocycles. The fraction of sp³-hybridized carbons (Fsp3) is 0.238. The SMILES string of the molecule is CCC(NC(=O)Cc1coc(-c2ccccc2)n1)c1ccc(OC)cc1. The molecule has 0 radical (unpaired) electrons. The first-order valence-electron chi connectivity index (χ1n) is 8.62. The van der Waals surface area contributed by atoms with Crippen LogP contribution in [0.25, 0.3) is 11.5 Å². The number of hydrogen-bond donors (Lipinski definition) is 1. The average molecular weight is 350 g/mol. The minimum Gasteiger partial charge on any atom is -0.497 e. The van der Waals surface area contributed by atoms with E-state index in [1.807, 2.05) is 61.5 Å². The third-order valence-corrected chi connectivity index (χ3v) is 4.18. The van der Waals surface area contributed by atoms with Gasteiger partial charge in [-0.15, -0.1) is 0 Å². The smallest absolute Gasteiger partial charge is 0.226 e. The van der Waals surface area contributed by atoms with Gasteiger partial charge in [-0.1, -0.05) is 37.3 Å². The summed E-state index contributed by atoms with van der Waals surface area (Å²) in [7, 11) is 1.63. The second kappa shape index (κ2) is 8.34. The highest BCUT2D eigenvalue weighted by atomic mass is 16.5. The third kappa shape index (κ3) is 4.30. The Hall–Kier alpha value is -3.08. The lowest BCUT2D eigenvalue weighted by atomic mass is 10.0. The number of nitrogens with one attached hydrogen (secondary N) is 1. The number of ether oxygens (including phenoxy) is 1. The summed E-state index contributed by atoms with van der Waals surface area (Å²) in [5.74, 6) is 1.24. The minimum atomic E-state index is -0.0828. The van der Waals surface area contributed by atoms with Crippen LogP contribution in [0.5, 0.6) is 5.75 Å². The highest BCUT2D eigenvalue weighted by Gasteiger charge is 2.15. The Bertz CT molecular complexity index is 841. The van der Waals surface area contributed by atoms with Gasteiger partial charge in [0.1, 0.15) is 12.0 Å². The van der Waals surface area contributed by atoms with E-state index in [0.717, 1.165) is 23.3 Å². The van der Waals surface area contributed by atoms with Crippen molar-refractivity contribution in [3.8, 4) is 17.2 Å². The van der Waals surface area contributed by atoms with Gasteiger partial charge >= 0.3 is 0 Å². The number of nitrogens with zero attached hydrogens (tertiary/aromatic N) is 1. The van der Waals surface area contributed by atoms with E-state index in [4.69, 9.17) is 9.15 Å². The molecule has 0 fully saturated rings. The van der Waals surface area contributed by atoms with E-state index in [1.165, 1.54) is 6.26 Å². The maximum Gasteiger partial charge on any atom is 0.226 e. The number of carbonyl (C=O) groups is 1. The summed E-state index contributed by atoms with van der Waals surface area (Å²) in [5.41, 5.74) is 2.56. The Labute approximate surface area is 153 Å². The van der Waals surface area contributed by atoms with Crippen LogP contribution < -0.4 is 10.1 Å². The molecule has 5 heteroatoms. The second-order valence-corrected chi connectivity index (χ2v) is 5.99. The van der Waals surface area contributed by atoms with Crippen molar-refractivity contribution in [2.45, 2.75) is 25.8 Å². The Kier molecular flexibility index (Phi) is 5.69. The van der Waals surface area contributed by atoms with Crippen molar-refractivity contribution in [3.63, 3.8) is 0 Å². The quantitative estimate of drug-likeness (QED) is 0.695. The van der Waals surface area contributed by atoms with Gasteiger partial charge in [-0.25, -0.2) is 4.98 Å². The van der Waals surface area contributed by atoms with Crippen molar-refractivity contribution >= 4 is 5.91 Å². The molecule has 1 N–H and O–H groups in total. The molecule has 0 saturated carbocycles. The Morgan fingerprint density at radius 1 is 1.15 bits per heavy atom. The highest BCUT2D eigenvalue weighted by Crippen LogP contribution is 2.21. The number of oxazole rings is 1. The van der Waals surface area contributed by atoms with Crippen molar-refractivity contribution in [2.75, 3.05) is 7.11 Å². The molecule has 3 aromatic rings. The number of rotatable bonds is 7. The van der Waals surface area contributed by atoms with Crippen LogP contribution >= 0.6 is 0 Å². The molecule has 5 nitrogen and oxygen atoms in total. The molecule has 1 amide bonds. The predicted molar refractivity (Wildman–Crippen MR) is 99.8 cm³/mol. The molecular formula is C21H22N2O3. The highest BCUT2D eigenvalue weighted by molar-refractivity contribution is 5.78. The molecule has 0 aliphatic rings. The lowest BCUT2D eigenvalue weighted by Gasteiger charge is -2.17. The number of benzene rings is 2. The van der Waals surface area contributed by atoms with Gasteiger partial charge in [-0.2, -0.15) is 0 Å². The number of aromatic nitrogens is 1. The normalized spacial score (nSPS) is 11.8. The molecule has 0 bridgehead atoms. The fourth-order valence-electron chi connectivity index (χ4n) is 2.77. The summed E-state index contributed by atoms with van der Waals surface area (Å²) < 4.78 is 10.7. The van der Waals surface area contributed by atoms with Crippen LogP contribution in [0.4, 0.5) is 0 Å². The molecule has 2 aromatic carbocycles. The fourth-order valence-corrected chi connectivity index (χ4v) is 2.77. The van der Waals surface area contributed by atoms with Crippen LogP contribution in [-0.4, -0.2) is 18.0 Å². The van der Waals surface area contributed by atoms with Gasteiger partial charge < -0.3 is 14.5 Å². The van der Waals surface area contributed by atoms with E-state index in [0.29, 0.717) is 11.6 Å². The van der Waals surface area contributed by atoms with E-state index in [2.05, 4.69) is 10.3 Å².